The van der Waals surface area contributed by atoms with Gasteiger partial charge in [0.05, 0.1) is 31.2 Å². The van der Waals surface area contributed by atoms with Crippen molar-refractivity contribution in [3.63, 3.8) is 0 Å². The monoisotopic (exact) mass is 416 g/mol. The Kier molecular flexibility index (Phi) is 4.70. The molecule has 0 aliphatic carbocycles. The Labute approximate surface area is 172 Å². The molecule has 5 rings (SSSR count). The van der Waals surface area contributed by atoms with Gasteiger partial charge in [-0.05, 0) is 24.6 Å². The van der Waals surface area contributed by atoms with Gasteiger partial charge >= 0.3 is 0 Å². The third-order valence-electron chi connectivity index (χ3n) is 5.72. The van der Waals surface area contributed by atoms with E-state index >= 15 is 0 Å². The molecule has 0 bridgehead atoms. The topological polar surface area (TPSA) is 81.4 Å². The van der Waals surface area contributed by atoms with Crippen LogP contribution in [0.3, 0.4) is 0 Å². The van der Waals surface area contributed by atoms with Crippen molar-refractivity contribution in [3.05, 3.63) is 40.5 Å². The minimum absolute atomic E-state index is 0.103. The van der Waals surface area contributed by atoms with Crippen LogP contribution in [0.5, 0.6) is 11.6 Å². The lowest BCUT2D eigenvalue weighted by molar-refractivity contribution is -0.187. The first kappa shape index (κ1) is 18.8. The zero-order valence-electron chi connectivity index (χ0n) is 16.5. The van der Waals surface area contributed by atoms with E-state index in [1.807, 2.05) is 19.1 Å². The molecule has 154 valence electrons. The number of rotatable bonds is 4. The van der Waals surface area contributed by atoms with Gasteiger partial charge in [-0.2, -0.15) is 4.52 Å². The molecule has 0 radical (unpaired) electrons. The highest BCUT2D eigenvalue weighted by molar-refractivity contribution is 7.17. The van der Waals surface area contributed by atoms with Crippen LogP contribution < -0.4 is 4.74 Å². The first-order valence-corrected chi connectivity index (χ1v) is 10.6. The number of thiazole rings is 1. The molecular weight excluding hydrogens is 392 g/mol. The maximum absolute atomic E-state index is 10.9. The van der Waals surface area contributed by atoms with Gasteiger partial charge in [0.15, 0.2) is 5.79 Å². The van der Waals surface area contributed by atoms with E-state index < -0.39 is 5.79 Å². The molecule has 2 aliphatic heterocycles. The van der Waals surface area contributed by atoms with E-state index in [9.17, 15) is 5.11 Å². The summed E-state index contributed by atoms with van der Waals surface area (Å²) >= 11 is 1.48. The van der Waals surface area contributed by atoms with Crippen molar-refractivity contribution in [3.8, 4) is 11.6 Å². The predicted molar refractivity (Wildman–Crippen MR) is 108 cm³/mol. The van der Waals surface area contributed by atoms with Crippen molar-refractivity contribution in [1.29, 1.82) is 0 Å². The molecule has 2 saturated heterocycles. The van der Waals surface area contributed by atoms with Crippen LogP contribution in [0.15, 0.2) is 24.3 Å². The van der Waals surface area contributed by atoms with E-state index in [0.717, 1.165) is 42.1 Å². The fourth-order valence-corrected chi connectivity index (χ4v) is 5.41. The van der Waals surface area contributed by atoms with Gasteiger partial charge in [0.2, 0.25) is 10.8 Å². The number of ether oxygens (including phenoxy) is 3. The summed E-state index contributed by atoms with van der Waals surface area (Å²) in [6.07, 6.45) is 1.61. The number of piperidine rings is 1. The molecule has 4 heterocycles. The van der Waals surface area contributed by atoms with E-state index in [1.165, 1.54) is 15.9 Å². The molecule has 0 amide bonds. The summed E-state index contributed by atoms with van der Waals surface area (Å²) < 4.78 is 18.6. The smallest absolute Gasteiger partial charge is 0.230 e. The summed E-state index contributed by atoms with van der Waals surface area (Å²) in [6, 6.07) is 7.91. The third-order valence-corrected chi connectivity index (χ3v) is 6.80. The first-order valence-electron chi connectivity index (χ1n) is 9.79. The fraction of sp³-hybridized carbons (Fsp3) is 0.500. The molecule has 2 aliphatic rings. The van der Waals surface area contributed by atoms with Gasteiger partial charge in [0.25, 0.3) is 0 Å². The molecule has 2 aromatic heterocycles. The minimum Gasteiger partial charge on any atom is -0.497 e. The SMILES string of the molecule is COc1ccc([C@@H](c2sc3nc(C)nn3c2O)N2CCC3(CC2)OCCO3)cc1. The van der Waals surface area contributed by atoms with Crippen molar-refractivity contribution < 1.29 is 19.3 Å². The second kappa shape index (κ2) is 7.24. The van der Waals surface area contributed by atoms with E-state index in [4.69, 9.17) is 14.2 Å². The molecule has 3 aromatic rings. The van der Waals surface area contributed by atoms with Crippen molar-refractivity contribution in [1.82, 2.24) is 19.5 Å². The molecular formula is C20H24N4O4S. The highest BCUT2D eigenvalue weighted by atomic mass is 32.1. The number of aryl methyl sites for hydroxylation is 1. The third kappa shape index (κ3) is 3.28. The maximum atomic E-state index is 10.9. The van der Waals surface area contributed by atoms with Crippen LogP contribution in [-0.4, -0.2) is 63.8 Å². The quantitative estimate of drug-likeness (QED) is 0.700. The Hall–Kier alpha value is -2.20. The lowest BCUT2D eigenvalue weighted by Gasteiger charge is -2.41. The summed E-state index contributed by atoms with van der Waals surface area (Å²) in [5.74, 6) is 1.17. The van der Waals surface area contributed by atoms with E-state index in [1.54, 1.807) is 7.11 Å². The molecule has 1 spiro atoms. The van der Waals surface area contributed by atoms with Gasteiger partial charge < -0.3 is 19.3 Å². The standard InChI is InChI=1S/C20H24N4O4S/c1-13-21-19-24(22-13)18(25)17(29-19)16(14-3-5-15(26-2)6-4-14)23-9-7-20(8-10-23)27-11-12-28-20/h3-6,16,25H,7-12H2,1-2H3/t16-/m0/s1. The van der Waals surface area contributed by atoms with Gasteiger partial charge in [0, 0.05) is 25.9 Å². The summed E-state index contributed by atoms with van der Waals surface area (Å²) in [7, 11) is 1.66. The Morgan fingerprint density at radius 3 is 2.48 bits per heavy atom. The van der Waals surface area contributed by atoms with Gasteiger partial charge in [-0.15, -0.1) is 5.10 Å². The van der Waals surface area contributed by atoms with Crippen LogP contribution in [0, 0.1) is 6.92 Å². The largest absolute Gasteiger partial charge is 0.497 e. The van der Waals surface area contributed by atoms with Crippen LogP contribution in [0.1, 0.15) is 35.1 Å². The van der Waals surface area contributed by atoms with Gasteiger partial charge in [-0.25, -0.2) is 4.98 Å². The number of aromatic nitrogens is 3. The Morgan fingerprint density at radius 2 is 1.86 bits per heavy atom. The zero-order valence-corrected chi connectivity index (χ0v) is 17.3. The lowest BCUT2D eigenvalue weighted by atomic mass is 9.97. The van der Waals surface area contributed by atoms with Crippen molar-refractivity contribution in [2.45, 2.75) is 31.6 Å². The van der Waals surface area contributed by atoms with Gasteiger partial charge in [0.1, 0.15) is 11.6 Å². The predicted octanol–water partition coefficient (Wildman–Crippen LogP) is 2.74. The van der Waals surface area contributed by atoms with Crippen molar-refractivity contribution >= 4 is 16.3 Å². The summed E-state index contributed by atoms with van der Waals surface area (Å²) in [5.41, 5.74) is 1.09. The number of likely N-dealkylation sites (tertiary alicyclic amines) is 1. The number of hydrogen-bond donors (Lipinski definition) is 1. The van der Waals surface area contributed by atoms with Crippen LogP contribution in [0.2, 0.25) is 0 Å². The fourth-order valence-electron chi connectivity index (χ4n) is 4.25. The van der Waals surface area contributed by atoms with Crippen molar-refractivity contribution in [2.24, 2.45) is 0 Å². The average molecular weight is 417 g/mol. The van der Waals surface area contributed by atoms with Crippen molar-refractivity contribution in [2.75, 3.05) is 33.4 Å². The molecule has 29 heavy (non-hydrogen) atoms. The van der Waals surface area contributed by atoms with Crippen LogP contribution in [0.4, 0.5) is 0 Å². The lowest BCUT2D eigenvalue weighted by Crippen LogP contribution is -2.46. The normalized spacial score (nSPS) is 20.5. The summed E-state index contributed by atoms with van der Waals surface area (Å²) in [4.78, 5) is 8.34. The number of benzene rings is 1. The maximum Gasteiger partial charge on any atom is 0.230 e. The number of fused-ring (bicyclic) bond motifs is 1. The van der Waals surface area contributed by atoms with E-state index in [-0.39, 0.29) is 11.9 Å². The molecule has 2 fully saturated rings. The second-order valence-electron chi connectivity index (χ2n) is 7.46. The summed E-state index contributed by atoms with van der Waals surface area (Å²) in [5, 5.41) is 15.3. The molecule has 1 N–H and O–H groups in total. The molecule has 9 heteroatoms. The Morgan fingerprint density at radius 1 is 1.17 bits per heavy atom. The van der Waals surface area contributed by atoms with Crippen LogP contribution in [0.25, 0.3) is 4.96 Å². The van der Waals surface area contributed by atoms with Gasteiger partial charge in [-0.1, -0.05) is 23.5 Å². The molecule has 1 atom stereocenters. The second-order valence-corrected chi connectivity index (χ2v) is 8.47. The van der Waals surface area contributed by atoms with E-state index in [2.05, 4.69) is 27.1 Å². The van der Waals surface area contributed by atoms with Gasteiger partial charge in [-0.3, -0.25) is 4.90 Å². The zero-order chi connectivity index (χ0) is 20.0. The molecule has 0 saturated carbocycles. The Balaban J connectivity index is 1.51. The first-order chi connectivity index (χ1) is 14.1. The minimum atomic E-state index is -0.439. The number of hydrogen-bond acceptors (Lipinski definition) is 8. The Bertz CT molecular complexity index is 1000. The highest BCUT2D eigenvalue weighted by Crippen LogP contribution is 2.43. The average Bonchev–Trinajstić information content (AvgIpc) is 3.42. The van der Waals surface area contributed by atoms with Crippen LogP contribution >= 0.6 is 11.3 Å². The number of aromatic hydroxyl groups is 1. The highest BCUT2D eigenvalue weighted by Gasteiger charge is 2.42. The van der Waals surface area contributed by atoms with E-state index in [0.29, 0.717) is 24.0 Å². The number of nitrogens with zero attached hydrogens (tertiary/aromatic N) is 4. The molecule has 8 nitrogen and oxygen atoms in total. The van der Waals surface area contributed by atoms with Crippen LogP contribution in [-0.2, 0) is 9.47 Å². The summed E-state index contributed by atoms with van der Waals surface area (Å²) in [6.45, 7) is 4.77. The number of methoxy groups -OCH3 is 1. The molecule has 1 aromatic carbocycles. The molecule has 0 unspecified atom stereocenters.